The van der Waals surface area contributed by atoms with E-state index in [1.54, 1.807) is 0 Å². The topological polar surface area (TPSA) is 8.17 Å². The average molecular weight is 857 g/mol. The van der Waals surface area contributed by atoms with Crippen LogP contribution >= 0.6 is 0 Å². The normalized spacial score (nSPS) is 15.9. The minimum atomic E-state index is -0.452. The summed E-state index contributed by atoms with van der Waals surface area (Å²) in [6.45, 7) is 0. The molecule has 2 heteroatoms. The molecule has 9 aromatic carbocycles. The van der Waals surface area contributed by atoms with Crippen molar-refractivity contribution < 1.29 is 0 Å². The number of benzene rings is 9. The third kappa shape index (κ3) is 6.32. The molecular weight excluding hydrogens is 809 g/mol. The van der Waals surface area contributed by atoms with E-state index in [9.17, 15) is 0 Å². The summed E-state index contributed by atoms with van der Waals surface area (Å²) in [4.78, 5) is 2.48. The first-order chi connectivity index (χ1) is 33.2. The van der Waals surface area contributed by atoms with Crippen molar-refractivity contribution in [1.82, 2.24) is 4.57 Å². The van der Waals surface area contributed by atoms with Crippen LogP contribution in [0.15, 0.2) is 236 Å². The highest BCUT2D eigenvalue weighted by Crippen LogP contribution is 2.58. The second-order valence-corrected chi connectivity index (χ2v) is 18.2. The van der Waals surface area contributed by atoms with Gasteiger partial charge in [-0.15, -0.1) is 0 Å². The van der Waals surface area contributed by atoms with Crippen LogP contribution < -0.4 is 15.5 Å². The van der Waals surface area contributed by atoms with Crippen LogP contribution in [0, 0.1) is 0 Å². The van der Waals surface area contributed by atoms with Gasteiger partial charge in [-0.1, -0.05) is 188 Å². The van der Waals surface area contributed by atoms with Crippen molar-refractivity contribution in [1.29, 1.82) is 0 Å². The van der Waals surface area contributed by atoms with E-state index in [1.165, 1.54) is 93.6 Å². The molecule has 0 aliphatic heterocycles. The Morgan fingerprint density at radius 2 is 1.09 bits per heavy atom. The highest BCUT2D eigenvalue weighted by atomic mass is 15.1. The molecule has 1 unspecified atom stereocenters. The standard InChI is InChI=1S/C65H48N2/c1-4-17-45(18-5-1)46-31-38-53(39-32-46)67-63-29-15-13-27-58(63)59-43-49(35-42-64(59)67)47-33-36-52(37-34-47)66(62-30-16-20-48-19-10-11-25-55(48)62)54-40-41-57-56-26-12-14-28-60(56)65(61(57)44-54,50-21-6-2-7-22-50)51-23-8-3-9-24-51/h1-2,4-8,10-12,14,16-44H,3,9,13,15H2. The lowest BCUT2D eigenvalue weighted by atomic mass is 9.66. The highest BCUT2D eigenvalue weighted by molar-refractivity contribution is 6.00. The van der Waals surface area contributed by atoms with E-state index in [0.717, 1.165) is 42.7 Å². The molecule has 0 N–H and O–H groups in total. The SMILES string of the molecule is C1=CC(C2(c3ccccc3)c3ccccc3-c3ccc(N(c4ccc(-c5ccc6c(c5)c5c(n6-c6ccc(-c7ccccc7)cc6)=CCCC=5)cc4)c4cccc5ccccc45)cc32)=CCC1. The van der Waals surface area contributed by atoms with Gasteiger partial charge in [-0.25, -0.2) is 0 Å². The van der Waals surface area contributed by atoms with Gasteiger partial charge in [0, 0.05) is 38.4 Å². The average Bonchev–Trinajstić information content (AvgIpc) is 3.90. The molecule has 1 aromatic heterocycles. The van der Waals surface area contributed by atoms with Gasteiger partial charge in [0.15, 0.2) is 0 Å². The molecule has 3 aliphatic rings. The Labute approximate surface area is 392 Å². The van der Waals surface area contributed by atoms with E-state index < -0.39 is 5.41 Å². The third-order valence-electron chi connectivity index (χ3n) is 14.5. The van der Waals surface area contributed by atoms with Crippen LogP contribution in [0.5, 0.6) is 0 Å². The van der Waals surface area contributed by atoms with Crippen molar-refractivity contribution in [3.05, 3.63) is 263 Å². The number of allylic oxidation sites excluding steroid dienone is 4. The van der Waals surface area contributed by atoms with Crippen molar-refractivity contribution >= 4 is 50.9 Å². The number of nitrogens with zero attached hydrogens (tertiary/aromatic N) is 2. The predicted octanol–water partition coefficient (Wildman–Crippen LogP) is 15.5. The van der Waals surface area contributed by atoms with Gasteiger partial charge in [-0.2, -0.15) is 0 Å². The van der Waals surface area contributed by atoms with E-state index in [1.807, 2.05) is 0 Å². The van der Waals surface area contributed by atoms with Gasteiger partial charge in [0.2, 0.25) is 0 Å². The third-order valence-corrected chi connectivity index (χ3v) is 14.5. The Hall–Kier alpha value is -8.20. The maximum Gasteiger partial charge on any atom is 0.0711 e. The van der Waals surface area contributed by atoms with E-state index in [2.05, 4.69) is 252 Å². The first-order valence-corrected chi connectivity index (χ1v) is 23.8. The fourth-order valence-corrected chi connectivity index (χ4v) is 11.5. The smallest absolute Gasteiger partial charge is 0.0711 e. The van der Waals surface area contributed by atoms with Gasteiger partial charge in [0.1, 0.15) is 0 Å². The van der Waals surface area contributed by atoms with Gasteiger partial charge < -0.3 is 9.47 Å². The molecule has 1 heterocycles. The van der Waals surface area contributed by atoms with Crippen molar-refractivity contribution in [3.63, 3.8) is 0 Å². The molecule has 0 bridgehead atoms. The summed E-state index contributed by atoms with van der Waals surface area (Å²) in [6.07, 6.45) is 16.3. The Morgan fingerprint density at radius 1 is 0.433 bits per heavy atom. The fraction of sp³-hybridized carbons (Fsp3) is 0.0769. The summed E-state index contributed by atoms with van der Waals surface area (Å²) in [5, 5.41) is 6.35. The Kier molecular flexibility index (Phi) is 9.39. The molecule has 13 rings (SSSR count). The zero-order chi connectivity index (χ0) is 44.3. The predicted molar refractivity (Wildman–Crippen MR) is 282 cm³/mol. The molecule has 1 atom stereocenters. The molecular formula is C65H48N2. The van der Waals surface area contributed by atoms with Crippen LogP contribution in [0.25, 0.3) is 72.9 Å². The molecule has 318 valence electrons. The number of aromatic nitrogens is 1. The molecule has 67 heavy (non-hydrogen) atoms. The molecule has 0 amide bonds. The highest BCUT2D eigenvalue weighted by Gasteiger charge is 2.47. The summed E-state index contributed by atoms with van der Waals surface area (Å²) >= 11 is 0. The van der Waals surface area contributed by atoms with Crippen LogP contribution in [0.4, 0.5) is 17.1 Å². The molecule has 3 aliphatic carbocycles. The molecule has 0 saturated carbocycles. The largest absolute Gasteiger partial charge is 0.310 e. The van der Waals surface area contributed by atoms with Crippen LogP contribution in [0.3, 0.4) is 0 Å². The lowest BCUT2D eigenvalue weighted by molar-refractivity contribution is 0.751. The van der Waals surface area contributed by atoms with E-state index in [-0.39, 0.29) is 0 Å². The van der Waals surface area contributed by atoms with Gasteiger partial charge in [-0.3, -0.25) is 0 Å². The first kappa shape index (κ1) is 39.2. The van der Waals surface area contributed by atoms with E-state index in [4.69, 9.17) is 0 Å². The van der Waals surface area contributed by atoms with Gasteiger partial charge in [0.05, 0.1) is 16.6 Å². The van der Waals surface area contributed by atoms with Crippen LogP contribution in [-0.4, -0.2) is 4.57 Å². The Morgan fingerprint density at radius 3 is 1.93 bits per heavy atom. The summed E-state index contributed by atoms with van der Waals surface area (Å²) in [6, 6.07) is 78.9. The van der Waals surface area contributed by atoms with Crippen molar-refractivity contribution in [2.24, 2.45) is 0 Å². The molecule has 0 saturated heterocycles. The maximum atomic E-state index is 2.49. The number of hydrogen-bond acceptors (Lipinski definition) is 1. The quantitative estimate of drug-likeness (QED) is 0.148. The van der Waals surface area contributed by atoms with Crippen LogP contribution in [0.1, 0.15) is 42.4 Å². The summed E-state index contributed by atoms with van der Waals surface area (Å²) in [7, 11) is 0. The lowest BCUT2D eigenvalue weighted by Crippen LogP contribution is -2.30. The minimum absolute atomic E-state index is 0.452. The van der Waals surface area contributed by atoms with Gasteiger partial charge in [0.25, 0.3) is 0 Å². The van der Waals surface area contributed by atoms with Gasteiger partial charge in [-0.05, 0) is 141 Å². The second kappa shape index (κ2) is 16.0. The van der Waals surface area contributed by atoms with E-state index >= 15 is 0 Å². The number of rotatable bonds is 8. The summed E-state index contributed by atoms with van der Waals surface area (Å²) in [5.74, 6) is 0. The van der Waals surface area contributed by atoms with Gasteiger partial charge >= 0.3 is 0 Å². The van der Waals surface area contributed by atoms with Crippen LogP contribution in [-0.2, 0) is 5.41 Å². The monoisotopic (exact) mass is 856 g/mol. The molecule has 0 radical (unpaired) electrons. The maximum absolute atomic E-state index is 2.49. The summed E-state index contributed by atoms with van der Waals surface area (Å²) in [5.41, 5.74) is 18.1. The van der Waals surface area contributed by atoms with E-state index in [0.29, 0.717) is 0 Å². The second-order valence-electron chi connectivity index (χ2n) is 18.2. The summed E-state index contributed by atoms with van der Waals surface area (Å²) < 4.78 is 2.45. The van der Waals surface area contributed by atoms with Crippen molar-refractivity contribution in [3.8, 4) is 39.1 Å². The van der Waals surface area contributed by atoms with Crippen molar-refractivity contribution in [2.45, 2.75) is 31.1 Å². The number of anilines is 3. The fourth-order valence-electron chi connectivity index (χ4n) is 11.5. The zero-order valence-corrected chi connectivity index (χ0v) is 37.3. The molecule has 2 nitrogen and oxygen atoms in total. The number of fused-ring (bicyclic) bond motifs is 7. The van der Waals surface area contributed by atoms with Crippen LogP contribution in [0.2, 0.25) is 0 Å². The lowest BCUT2D eigenvalue weighted by Gasteiger charge is -2.36. The molecule has 0 spiro atoms. The minimum Gasteiger partial charge on any atom is -0.310 e. The van der Waals surface area contributed by atoms with Crippen molar-refractivity contribution in [2.75, 3.05) is 4.90 Å². The Bertz CT molecular complexity index is 3720. The molecule has 0 fully saturated rings. The first-order valence-electron chi connectivity index (χ1n) is 23.8. The zero-order valence-electron chi connectivity index (χ0n) is 37.3. The number of hydrogen-bond donors (Lipinski definition) is 0. The molecule has 10 aromatic rings. The Balaban J connectivity index is 0.945.